The highest BCUT2D eigenvalue weighted by Crippen LogP contribution is 2.42. The Bertz CT molecular complexity index is 1080. The van der Waals surface area contributed by atoms with Crippen molar-refractivity contribution in [2.24, 2.45) is 11.3 Å². The van der Waals surface area contributed by atoms with E-state index in [1.54, 1.807) is 22.7 Å². The van der Waals surface area contributed by atoms with Gasteiger partial charge in [0.25, 0.3) is 5.91 Å². The van der Waals surface area contributed by atoms with Gasteiger partial charge in [0.1, 0.15) is 5.00 Å². The molecule has 2 aliphatic rings. The highest BCUT2D eigenvalue weighted by atomic mass is 32.1. The Morgan fingerprint density at radius 3 is 2.22 bits per heavy atom. The first-order chi connectivity index (χ1) is 17.8. The van der Waals surface area contributed by atoms with Crippen LogP contribution in [0, 0.1) is 11.3 Å². The zero-order valence-electron chi connectivity index (χ0n) is 23.3. The van der Waals surface area contributed by atoms with Gasteiger partial charge >= 0.3 is 5.97 Å². The smallest absolute Gasteiger partial charge is 0.341 e. The summed E-state index contributed by atoms with van der Waals surface area (Å²) in [6.07, 6.45) is 16.1. The van der Waals surface area contributed by atoms with E-state index in [4.69, 9.17) is 4.74 Å². The van der Waals surface area contributed by atoms with Crippen LogP contribution in [0.15, 0.2) is 5.38 Å². The largest absolute Gasteiger partial charge is 0.462 e. The molecule has 4 rings (SSSR count). The van der Waals surface area contributed by atoms with Gasteiger partial charge in [0.15, 0.2) is 0 Å². The fourth-order valence-electron chi connectivity index (χ4n) is 5.92. The molecule has 0 aliphatic heterocycles. The number of carbonyl (C=O) groups is 2. The summed E-state index contributed by atoms with van der Waals surface area (Å²) in [7, 11) is 0. The van der Waals surface area contributed by atoms with Crippen molar-refractivity contribution in [2.45, 2.75) is 118 Å². The van der Waals surface area contributed by atoms with E-state index < -0.39 is 0 Å². The van der Waals surface area contributed by atoms with Crippen LogP contribution in [-0.4, -0.2) is 18.5 Å². The van der Waals surface area contributed by atoms with E-state index in [0.29, 0.717) is 23.1 Å². The number of hydrogen-bond donors (Lipinski definition) is 1. The molecule has 6 heteroatoms. The molecule has 2 aliphatic carbocycles. The Kier molecular flexibility index (Phi) is 9.90. The molecule has 1 amide bonds. The lowest BCUT2D eigenvalue weighted by molar-refractivity contribution is 0.0526. The lowest BCUT2D eigenvalue weighted by Crippen LogP contribution is -2.27. The molecule has 0 unspecified atom stereocenters. The molecule has 2 aromatic rings. The first kappa shape index (κ1) is 28.4. The molecule has 2 heterocycles. The fourth-order valence-corrected chi connectivity index (χ4v) is 8.36. The number of fused-ring (bicyclic) bond motifs is 2. The van der Waals surface area contributed by atoms with Crippen LogP contribution in [0.5, 0.6) is 0 Å². The molecule has 204 valence electrons. The minimum absolute atomic E-state index is 0.0778. The average Bonchev–Trinajstić information content (AvgIpc) is 3.42. The van der Waals surface area contributed by atoms with Gasteiger partial charge in [-0.25, -0.2) is 4.79 Å². The van der Waals surface area contributed by atoms with E-state index in [2.05, 4.69) is 26.1 Å². The van der Waals surface area contributed by atoms with Gasteiger partial charge in [-0.2, -0.15) is 0 Å². The third kappa shape index (κ3) is 7.06. The van der Waals surface area contributed by atoms with Crippen LogP contribution in [-0.2, 0) is 30.4 Å². The van der Waals surface area contributed by atoms with Crippen LogP contribution in [0.1, 0.15) is 134 Å². The van der Waals surface area contributed by atoms with Crippen molar-refractivity contribution >= 4 is 39.6 Å². The SMILES string of the molecule is CCOC(=O)c1c(NC(=O)c2csc3c2CC[C@H](C(C)(C)C)C3)sc2c1CCCCCCCCCCC2. The van der Waals surface area contributed by atoms with E-state index in [-0.39, 0.29) is 17.3 Å². The third-order valence-corrected chi connectivity index (χ3v) is 10.5. The molecule has 2 aromatic heterocycles. The third-order valence-electron chi connectivity index (χ3n) is 8.25. The zero-order valence-corrected chi connectivity index (χ0v) is 24.9. The minimum atomic E-state index is -0.292. The van der Waals surface area contributed by atoms with Gasteiger partial charge in [-0.3, -0.25) is 4.79 Å². The molecule has 4 nitrogen and oxygen atoms in total. The monoisotopic (exact) mass is 543 g/mol. The van der Waals surface area contributed by atoms with Crippen LogP contribution in [0.3, 0.4) is 0 Å². The van der Waals surface area contributed by atoms with Crippen LogP contribution in [0.4, 0.5) is 5.00 Å². The summed E-state index contributed by atoms with van der Waals surface area (Å²) < 4.78 is 5.51. The van der Waals surface area contributed by atoms with E-state index in [9.17, 15) is 9.59 Å². The van der Waals surface area contributed by atoms with Crippen LogP contribution in [0.25, 0.3) is 0 Å². The first-order valence-electron chi connectivity index (χ1n) is 14.5. The molecule has 0 saturated carbocycles. The zero-order chi connectivity index (χ0) is 26.4. The number of ether oxygens (including phenoxy) is 1. The summed E-state index contributed by atoms with van der Waals surface area (Å²) in [6, 6.07) is 0. The summed E-state index contributed by atoms with van der Waals surface area (Å²) in [5, 5.41) is 5.91. The van der Waals surface area contributed by atoms with Crippen molar-refractivity contribution < 1.29 is 14.3 Å². The maximum atomic E-state index is 13.6. The summed E-state index contributed by atoms with van der Waals surface area (Å²) in [5.41, 5.74) is 4.02. The van der Waals surface area contributed by atoms with Gasteiger partial charge in [0, 0.05) is 15.1 Å². The van der Waals surface area contributed by atoms with Crippen molar-refractivity contribution in [1.82, 2.24) is 0 Å². The van der Waals surface area contributed by atoms with Crippen LogP contribution < -0.4 is 5.32 Å². The van der Waals surface area contributed by atoms with E-state index in [1.807, 2.05) is 12.3 Å². The number of nitrogens with one attached hydrogen (secondary N) is 1. The average molecular weight is 544 g/mol. The maximum Gasteiger partial charge on any atom is 0.341 e. The van der Waals surface area contributed by atoms with Gasteiger partial charge in [-0.1, -0.05) is 65.7 Å². The Morgan fingerprint density at radius 1 is 0.919 bits per heavy atom. The Hall–Kier alpha value is -1.66. The number of carbonyl (C=O) groups excluding carboxylic acids is 2. The maximum absolute atomic E-state index is 13.6. The van der Waals surface area contributed by atoms with Gasteiger partial charge in [0.2, 0.25) is 0 Å². The minimum Gasteiger partial charge on any atom is -0.462 e. The van der Waals surface area contributed by atoms with Crippen molar-refractivity contribution in [3.05, 3.63) is 37.4 Å². The van der Waals surface area contributed by atoms with Gasteiger partial charge in [-0.05, 0) is 74.3 Å². The molecular formula is C31H45NO3S2. The molecule has 1 atom stereocenters. The molecular weight excluding hydrogens is 498 g/mol. The molecule has 37 heavy (non-hydrogen) atoms. The van der Waals surface area contributed by atoms with Gasteiger partial charge in [0.05, 0.1) is 17.7 Å². The second-order valence-corrected chi connectivity index (χ2v) is 14.0. The molecule has 0 aromatic carbocycles. The standard InChI is InChI=1S/C31H45NO3S2/c1-5-35-30(34)27-23-15-13-11-9-7-6-8-10-12-14-16-25(23)37-29(27)32-28(33)24-20-36-26-19-21(31(2,3)4)17-18-22(24)26/h20-21H,5-19H2,1-4H3,(H,32,33)/t21-/m0/s1. The lowest BCUT2D eigenvalue weighted by atomic mass is 9.72. The van der Waals surface area contributed by atoms with Crippen molar-refractivity contribution in [2.75, 3.05) is 11.9 Å². The Morgan fingerprint density at radius 2 is 1.57 bits per heavy atom. The summed E-state index contributed by atoms with van der Waals surface area (Å²) in [6.45, 7) is 9.14. The topological polar surface area (TPSA) is 55.4 Å². The predicted octanol–water partition coefficient (Wildman–Crippen LogP) is 9.00. The number of aryl methyl sites for hydroxylation is 1. The number of esters is 1. The number of amides is 1. The van der Waals surface area contributed by atoms with Gasteiger partial charge in [-0.15, -0.1) is 22.7 Å². The second kappa shape index (κ2) is 12.9. The molecule has 1 N–H and O–H groups in total. The highest BCUT2D eigenvalue weighted by Gasteiger charge is 2.32. The normalized spacial score (nSPS) is 19.5. The van der Waals surface area contributed by atoms with Crippen molar-refractivity contribution in [1.29, 1.82) is 0 Å². The first-order valence-corrected chi connectivity index (χ1v) is 16.2. The number of hydrogen-bond acceptors (Lipinski definition) is 5. The summed E-state index contributed by atoms with van der Waals surface area (Å²) in [5.74, 6) is 0.277. The van der Waals surface area contributed by atoms with Crippen LogP contribution >= 0.6 is 22.7 Å². The molecule has 0 fully saturated rings. The number of anilines is 1. The Labute approximate surface area is 231 Å². The molecule has 0 saturated heterocycles. The van der Waals surface area contributed by atoms with E-state index >= 15 is 0 Å². The lowest BCUT2D eigenvalue weighted by Gasteiger charge is -2.34. The number of rotatable bonds is 4. The van der Waals surface area contributed by atoms with Crippen molar-refractivity contribution in [3.63, 3.8) is 0 Å². The van der Waals surface area contributed by atoms with E-state index in [1.165, 1.54) is 60.3 Å². The summed E-state index contributed by atoms with van der Waals surface area (Å²) in [4.78, 5) is 29.4. The van der Waals surface area contributed by atoms with Crippen LogP contribution in [0.2, 0.25) is 0 Å². The van der Waals surface area contributed by atoms with Crippen molar-refractivity contribution in [3.8, 4) is 0 Å². The highest BCUT2D eigenvalue weighted by molar-refractivity contribution is 7.17. The molecule has 0 radical (unpaired) electrons. The van der Waals surface area contributed by atoms with Gasteiger partial charge < -0.3 is 10.1 Å². The number of thiophene rings is 2. The Balaban J connectivity index is 1.60. The van der Waals surface area contributed by atoms with E-state index in [0.717, 1.165) is 56.1 Å². The summed E-state index contributed by atoms with van der Waals surface area (Å²) >= 11 is 3.33. The molecule has 0 bridgehead atoms. The molecule has 0 spiro atoms. The quantitative estimate of drug-likeness (QED) is 0.391. The predicted molar refractivity (Wildman–Crippen MR) is 156 cm³/mol. The second-order valence-electron chi connectivity index (χ2n) is 11.9. The fraction of sp³-hybridized carbons (Fsp3) is 0.677.